The molecule has 0 radical (unpaired) electrons. The molecule has 3 unspecified atom stereocenters. The maximum atomic E-state index is 11.8. The summed E-state index contributed by atoms with van der Waals surface area (Å²) < 4.78 is 11.5. The van der Waals surface area contributed by atoms with Crippen molar-refractivity contribution in [2.75, 3.05) is 45.3 Å². The Morgan fingerprint density at radius 2 is 1.93 bits per heavy atom. The van der Waals surface area contributed by atoms with E-state index < -0.39 is 12.2 Å². The van der Waals surface area contributed by atoms with Crippen LogP contribution < -0.4 is 9.64 Å². The van der Waals surface area contributed by atoms with Crippen molar-refractivity contribution in [3.05, 3.63) is 64.0 Å². The molecule has 1 aromatic heterocycles. The largest absolute Gasteiger partial charge is 0.488 e. The van der Waals surface area contributed by atoms with Crippen molar-refractivity contribution in [1.29, 1.82) is 0 Å². The van der Waals surface area contributed by atoms with E-state index in [2.05, 4.69) is 23.3 Å². The summed E-state index contributed by atoms with van der Waals surface area (Å²) in [6.45, 7) is 7.44. The molecule has 9 heteroatoms. The highest BCUT2D eigenvalue weighted by Crippen LogP contribution is 2.44. The zero-order chi connectivity index (χ0) is 29.1. The highest BCUT2D eigenvalue weighted by Gasteiger charge is 2.46. The van der Waals surface area contributed by atoms with Crippen LogP contribution >= 0.6 is 11.3 Å². The monoisotopic (exact) mass is 579 g/mol. The highest BCUT2D eigenvalue weighted by atomic mass is 32.1. The maximum absolute atomic E-state index is 11.8. The van der Waals surface area contributed by atoms with Gasteiger partial charge in [0.05, 0.1) is 11.6 Å². The molecule has 2 N–H and O–H groups in total. The van der Waals surface area contributed by atoms with E-state index >= 15 is 0 Å². The molecule has 8 nitrogen and oxygen atoms in total. The van der Waals surface area contributed by atoms with Gasteiger partial charge in [0.2, 0.25) is 0 Å². The fourth-order valence-corrected chi connectivity index (χ4v) is 7.16. The summed E-state index contributed by atoms with van der Waals surface area (Å²) in [4.78, 5) is 21.0. The average Bonchev–Trinajstić information content (AvgIpc) is 3.55. The summed E-state index contributed by atoms with van der Waals surface area (Å²) in [5, 5.41) is 23.5. The lowest BCUT2D eigenvalue weighted by atomic mass is 9.85. The lowest BCUT2D eigenvalue weighted by molar-refractivity contribution is -0.144. The highest BCUT2D eigenvalue weighted by molar-refractivity contribution is 7.14. The fraction of sp³-hybridized carbons (Fsp3) is 0.500. The molecular weight excluding hydrogens is 538 g/mol. The molecule has 220 valence electrons. The van der Waals surface area contributed by atoms with Gasteiger partial charge in [-0.1, -0.05) is 29.8 Å². The van der Waals surface area contributed by atoms with Crippen LogP contribution in [0.15, 0.2) is 41.8 Å². The number of nitrogens with zero attached hydrogens (tertiary/aromatic N) is 3. The van der Waals surface area contributed by atoms with Gasteiger partial charge in [-0.05, 0) is 80.8 Å². The van der Waals surface area contributed by atoms with E-state index in [4.69, 9.17) is 14.5 Å². The maximum Gasteiger partial charge on any atom is 0.307 e. The Morgan fingerprint density at radius 1 is 1.17 bits per heavy atom. The molecule has 3 atom stereocenters. The molecule has 1 aliphatic heterocycles. The molecule has 2 aliphatic rings. The number of thiazole rings is 1. The van der Waals surface area contributed by atoms with Gasteiger partial charge in [-0.2, -0.15) is 0 Å². The third kappa shape index (κ3) is 6.59. The number of carbonyl (C=O) groups is 1. The summed E-state index contributed by atoms with van der Waals surface area (Å²) in [6, 6.07) is 12.2. The van der Waals surface area contributed by atoms with E-state index in [1.807, 2.05) is 49.2 Å². The Hall–Kier alpha value is -2.98. The van der Waals surface area contributed by atoms with E-state index in [1.165, 1.54) is 0 Å². The predicted molar refractivity (Wildman–Crippen MR) is 161 cm³/mol. The lowest BCUT2D eigenvalue weighted by Crippen LogP contribution is -2.44. The van der Waals surface area contributed by atoms with Gasteiger partial charge < -0.3 is 24.6 Å². The Bertz CT molecular complexity index is 1350. The molecule has 41 heavy (non-hydrogen) atoms. The number of rotatable bonds is 12. The van der Waals surface area contributed by atoms with E-state index in [9.17, 15) is 15.0 Å². The molecule has 2 bridgehead atoms. The number of piperidine rings is 1. The van der Waals surface area contributed by atoms with Crippen molar-refractivity contribution < 1.29 is 24.5 Å². The Kier molecular flexibility index (Phi) is 9.28. The first-order chi connectivity index (χ1) is 19.7. The lowest BCUT2D eigenvalue weighted by Gasteiger charge is -2.35. The molecule has 5 rings (SSSR count). The second kappa shape index (κ2) is 12.9. The summed E-state index contributed by atoms with van der Waals surface area (Å²) in [6.07, 6.45) is 2.15. The second-order valence-corrected chi connectivity index (χ2v) is 12.4. The molecule has 1 saturated heterocycles. The summed E-state index contributed by atoms with van der Waals surface area (Å²) in [7, 11) is 3.60. The van der Waals surface area contributed by atoms with Crippen molar-refractivity contribution in [3.63, 3.8) is 0 Å². The number of aryl methyl sites for hydroxylation is 2. The van der Waals surface area contributed by atoms with Crippen LogP contribution in [0.3, 0.4) is 0 Å². The third-order valence-electron chi connectivity index (χ3n) is 8.62. The standard InChI is InChI=1S/C32H41N3O5S/c1-20-6-11-28(40-18-25-10-7-22(15-21(25)2)30(36)34(3)12-5-13-39-4)26(14-20)27-19-41-32(33-27)35-16-23-8-9-24(17-35)29(23)31(37)38/h6-7,10-11,14-15,19,23-24,29-30,36H,5,8-9,12-13,16-18H2,1-4H3,(H,37,38). The van der Waals surface area contributed by atoms with Crippen molar-refractivity contribution in [1.82, 2.24) is 9.88 Å². The van der Waals surface area contributed by atoms with Crippen LogP contribution in [0.2, 0.25) is 0 Å². The number of fused-ring (bicyclic) bond motifs is 2. The molecule has 2 heterocycles. The number of aliphatic carboxylic acids is 1. The van der Waals surface area contributed by atoms with Gasteiger partial charge in [-0.3, -0.25) is 9.69 Å². The van der Waals surface area contributed by atoms with E-state index in [1.54, 1.807) is 18.4 Å². The van der Waals surface area contributed by atoms with Crippen LogP contribution in [0.4, 0.5) is 5.13 Å². The second-order valence-electron chi connectivity index (χ2n) is 11.6. The SMILES string of the molecule is COCCCN(C)C(O)c1ccc(COc2ccc(C)cc2-c2csc(N3CC4CCC(C3)C4C(=O)O)n2)c(C)c1. The van der Waals surface area contributed by atoms with Crippen LogP contribution in [0.1, 0.15) is 47.7 Å². The summed E-state index contributed by atoms with van der Waals surface area (Å²) in [5.41, 5.74) is 5.95. The molecule has 1 aliphatic carbocycles. The first-order valence-electron chi connectivity index (χ1n) is 14.4. The van der Waals surface area contributed by atoms with Gasteiger partial charge in [-0.15, -0.1) is 11.3 Å². The Balaban J connectivity index is 1.27. The number of aliphatic hydroxyl groups excluding tert-OH is 1. The minimum atomic E-state index is -0.673. The van der Waals surface area contributed by atoms with Crippen LogP contribution in [0, 0.1) is 31.6 Å². The zero-order valence-corrected chi connectivity index (χ0v) is 25.2. The molecule has 2 fully saturated rings. The zero-order valence-electron chi connectivity index (χ0n) is 24.4. The van der Waals surface area contributed by atoms with Gasteiger partial charge in [0.15, 0.2) is 5.13 Å². The molecule has 0 amide bonds. The van der Waals surface area contributed by atoms with Gasteiger partial charge in [-0.25, -0.2) is 4.98 Å². The molecule has 3 aromatic rings. The van der Waals surface area contributed by atoms with Gasteiger partial charge >= 0.3 is 5.97 Å². The number of hydrogen-bond donors (Lipinski definition) is 2. The van der Waals surface area contributed by atoms with Crippen LogP contribution in [-0.2, 0) is 16.1 Å². The van der Waals surface area contributed by atoms with Crippen LogP contribution in [0.25, 0.3) is 11.3 Å². The topological polar surface area (TPSA) is 95.4 Å². The summed E-state index contributed by atoms with van der Waals surface area (Å²) in [5.74, 6) is 0.305. The van der Waals surface area contributed by atoms with Crippen molar-refractivity contribution in [2.24, 2.45) is 17.8 Å². The van der Waals surface area contributed by atoms with Gasteiger partial charge in [0.1, 0.15) is 18.6 Å². The quantitative estimate of drug-likeness (QED) is 0.214. The van der Waals surface area contributed by atoms with Gasteiger partial charge in [0.25, 0.3) is 0 Å². The Labute approximate surface area is 246 Å². The smallest absolute Gasteiger partial charge is 0.307 e. The molecular formula is C32H41N3O5S. The first kappa shape index (κ1) is 29.5. The molecule has 2 aromatic carbocycles. The normalized spacial score (nSPS) is 20.9. The minimum absolute atomic E-state index is 0.197. The fourth-order valence-electron chi connectivity index (χ4n) is 6.32. The number of ether oxygens (including phenoxy) is 2. The summed E-state index contributed by atoms with van der Waals surface area (Å²) >= 11 is 1.61. The van der Waals surface area contributed by atoms with E-state index in [0.717, 1.165) is 83.3 Å². The number of benzene rings is 2. The number of anilines is 1. The number of methoxy groups -OCH3 is 1. The number of aliphatic hydroxyl groups is 1. The van der Waals surface area contributed by atoms with Crippen molar-refractivity contribution in [2.45, 2.75) is 45.9 Å². The predicted octanol–water partition coefficient (Wildman–Crippen LogP) is 5.51. The molecule has 0 spiro atoms. The van der Waals surface area contributed by atoms with Crippen molar-refractivity contribution in [3.8, 4) is 17.0 Å². The third-order valence-corrected chi connectivity index (χ3v) is 9.52. The van der Waals surface area contributed by atoms with Gasteiger partial charge in [0, 0.05) is 44.3 Å². The minimum Gasteiger partial charge on any atom is -0.488 e. The number of carboxylic acid groups (broad SMARTS) is 1. The Morgan fingerprint density at radius 3 is 2.61 bits per heavy atom. The van der Waals surface area contributed by atoms with Crippen molar-refractivity contribution >= 4 is 22.4 Å². The molecule has 1 saturated carbocycles. The van der Waals surface area contributed by atoms with E-state index in [-0.39, 0.29) is 17.8 Å². The number of hydrogen-bond acceptors (Lipinski definition) is 8. The first-order valence-corrected chi connectivity index (χ1v) is 15.3. The van der Waals surface area contributed by atoms with E-state index in [0.29, 0.717) is 13.2 Å². The van der Waals surface area contributed by atoms with Crippen LogP contribution in [-0.4, -0.2) is 66.5 Å². The number of aromatic nitrogens is 1. The average molecular weight is 580 g/mol. The number of carboxylic acids is 1. The van der Waals surface area contributed by atoms with Crippen LogP contribution in [0.5, 0.6) is 5.75 Å².